The number of nitrogens with zero attached hydrogens (tertiary/aromatic N) is 3. The number of halogens is 1. The van der Waals surface area contributed by atoms with Gasteiger partial charge < -0.3 is 0 Å². The summed E-state index contributed by atoms with van der Waals surface area (Å²) in [5.41, 5.74) is 0. The Kier molecular flexibility index (Phi) is 2.69. The standard InChI is InChI=1S/C11H5N3O2.ClH/c15-10-11(16)14-9-7-5-12-4-3-6(7)1-2-8(9)13-10;/h1-5H;1H. The van der Waals surface area contributed by atoms with Gasteiger partial charge in [0.1, 0.15) is 5.36 Å². The summed E-state index contributed by atoms with van der Waals surface area (Å²) in [5.74, 6) is -1.65. The molecule has 2 amide bonds. The first kappa shape index (κ1) is 11.3. The SMILES string of the molecule is Cl.O=C1N=c2ccc3ccncc3c2=NC1=O. The van der Waals surface area contributed by atoms with E-state index in [2.05, 4.69) is 15.0 Å². The van der Waals surface area contributed by atoms with Gasteiger partial charge >= 0.3 is 11.8 Å². The molecule has 84 valence electrons. The molecule has 17 heavy (non-hydrogen) atoms. The van der Waals surface area contributed by atoms with Crippen molar-refractivity contribution in [2.75, 3.05) is 0 Å². The maximum atomic E-state index is 11.2. The minimum Gasteiger partial charge on any atom is -0.264 e. The fourth-order valence-corrected chi connectivity index (χ4v) is 1.65. The summed E-state index contributed by atoms with van der Waals surface area (Å²) >= 11 is 0. The Balaban J connectivity index is 0.00000108. The van der Waals surface area contributed by atoms with E-state index in [1.165, 1.54) is 0 Å². The quantitative estimate of drug-likeness (QED) is 0.614. The van der Waals surface area contributed by atoms with Crippen molar-refractivity contribution in [1.29, 1.82) is 0 Å². The largest absolute Gasteiger partial charge is 0.338 e. The highest BCUT2D eigenvalue weighted by Gasteiger charge is 2.16. The summed E-state index contributed by atoms with van der Waals surface area (Å²) in [7, 11) is 0. The van der Waals surface area contributed by atoms with Crippen LogP contribution in [-0.4, -0.2) is 16.8 Å². The van der Waals surface area contributed by atoms with Gasteiger partial charge in [0.25, 0.3) is 0 Å². The first-order valence-electron chi connectivity index (χ1n) is 4.64. The number of rotatable bonds is 0. The van der Waals surface area contributed by atoms with Gasteiger partial charge in [-0.1, -0.05) is 6.07 Å². The molecule has 0 aliphatic carbocycles. The third-order valence-corrected chi connectivity index (χ3v) is 2.39. The third-order valence-electron chi connectivity index (χ3n) is 2.39. The molecule has 1 aliphatic rings. The van der Waals surface area contributed by atoms with Crippen molar-refractivity contribution in [3.05, 3.63) is 41.3 Å². The zero-order valence-corrected chi connectivity index (χ0v) is 9.27. The van der Waals surface area contributed by atoms with Gasteiger partial charge in [0.15, 0.2) is 0 Å². The molecule has 2 aromatic rings. The van der Waals surface area contributed by atoms with E-state index in [0.29, 0.717) is 10.7 Å². The van der Waals surface area contributed by atoms with Gasteiger partial charge in [0.05, 0.1) is 5.36 Å². The highest BCUT2D eigenvalue weighted by molar-refractivity contribution is 6.36. The first-order valence-corrected chi connectivity index (χ1v) is 4.64. The Morgan fingerprint density at radius 3 is 2.53 bits per heavy atom. The molecule has 0 saturated heterocycles. The number of fused-ring (bicyclic) bond motifs is 3. The van der Waals surface area contributed by atoms with E-state index in [-0.39, 0.29) is 12.4 Å². The average molecular weight is 248 g/mol. The number of carbonyl (C=O) groups excluding carboxylic acids is 2. The summed E-state index contributed by atoms with van der Waals surface area (Å²) in [6.45, 7) is 0. The van der Waals surface area contributed by atoms with Gasteiger partial charge in [-0.3, -0.25) is 14.6 Å². The summed E-state index contributed by atoms with van der Waals surface area (Å²) < 4.78 is 0. The molecular weight excluding hydrogens is 242 g/mol. The van der Waals surface area contributed by atoms with E-state index >= 15 is 0 Å². The lowest BCUT2D eigenvalue weighted by molar-refractivity contribution is -0.135. The Morgan fingerprint density at radius 2 is 1.71 bits per heavy atom. The van der Waals surface area contributed by atoms with Gasteiger partial charge in [0.2, 0.25) is 0 Å². The maximum Gasteiger partial charge on any atom is 0.338 e. The topological polar surface area (TPSA) is 71.8 Å². The van der Waals surface area contributed by atoms with Gasteiger partial charge in [-0.2, -0.15) is 0 Å². The number of hydrogen-bond donors (Lipinski definition) is 0. The molecule has 0 fully saturated rings. The molecule has 0 bridgehead atoms. The van der Waals surface area contributed by atoms with Crippen LogP contribution in [0.25, 0.3) is 10.8 Å². The monoisotopic (exact) mass is 247 g/mol. The number of amides is 2. The molecule has 0 unspecified atom stereocenters. The molecular formula is C11H6ClN3O2. The number of aromatic nitrogens is 1. The number of carbonyl (C=O) groups is 2. The van der Waals surface area contributed by atoms with Crippen LogP contribution < -0.4 is 10.7 Å². The van der Waals surface area contributed by atoms with Crippen LogP contribution in [0.1, 0.15) is 0 Å². The Morgan fingerprint density at radius 1 is 0.941 bits per heavy atom. The molecule has 2 heterocycles. The number of pyridine rings is 1. The molecule has 6 heteroatoms. The minimum absolute atomic E-state index is 0. The van der Waals surface area contributed by atoms with Crippen molar-refractivity contribution >= 4 is 35.0 Å². The third kappa shape index (κ3) is 1.70. The van der Waals surface area contributed by atoms with Crippen LogP contribution in [0, 0.1) is 0 Å². The lowest BCUT2D eigenvalue weighted by Gasteiger charge is -2.00. The van der Waals surface area contributed by atoms with Crippen LogP contribution in [0.4, 0.5) is 0 Å². The summed E-state index contributed by atoms with van der Waals surface area (Å²) in [4.78, 5) is 33.6. The Bertz CT molecular complexity index is 755. The van der Waals surface area contributed by atoms with Crippen molar-refractivity contribution in [2.45, 2.75) is 0 Å². The van der Waals surface area contributed by atoms with Crippen LogP contribution in [-0.2, 0) is 9.59 Å². The molecule has 3 rings (SSSR count). The second-order valence-corrected chi connectivity index (χ2v) is 3.36. The molecule has 0 atom stereocenters. The molecule has 0 spiro atoms. The normalized spacial score (nSPS) is 13.4. The van der Waals surface area contributed by atoms with Crippen molar-refractivity contribution in [3.8, 4) is 0 Å². The molecule has 0 radical (unpaired) electrons. The molecule has 1 aromatic carbocycles. The molecule has 1 aliphatic heterocycles. The lowest BCUT2D eigenvalue weighted by atomic mass is 10.1. The summed E-state index contributed by atoms with van der Waals surface area (Å²) in [6.07, 6.45) is 3.26. The van der Waals surface area contributed by atoms with Crippen LogP contribution in [0.3, 0.4) is 0 Å². The van der Waals surface area contributed by atoms with E-state index < -0.39 is 11.8 Å². The predicted octanol–water partition coefficient (Wildman–Crippen LogP) is -0.0374. The average Bonchev–Trinajstić information content (AvgIpc) is 2.31. The van der Waals surface area contributed by atoms with Gasteiger partial charge in [-0.15, -0.1) is 12.4 Å². The van der Waals surface area contributed by atoms with E-state index in [9.17, 15) is 9.59 Å². The van der Waals surface area contributed by atoms with E-state index in [1.807, 2.05) is 12.1 Å². The first-order chi connectivity index (χ1) is 7.75. The summed E-state index contributed by atoms with van der Waals surface area (Å²) in [5, 5.41) is 2.49. The van der Waals surface area contributed by atoms with Crippen LogP contribution in [0.5, 0.6) is 0 Å². The van der Waals surface area contributed by atoms with Crippen molar-refractivity contribution in [1.82, 2.24) is 4.98 Å². The number of hydrogen-bond acceptors (Lipinski definition) is 3. The Hall–Kier alpha value is -2.14. The lowest BCUT2D eigenvalue weighted by Crippen LogP contribution is -2.34. The van der Waals surface area contributed by atoms with Crippen molar-refractivity contribution in [3.63, 3.8) is 0 Å². The second-order valence-electron chi connectivity index (χ2n) is 3.36. The fraction of sp³-hybridized carbons (Fsp3) is 0. The Labute approximate surface area is 101 Å². The maximum absolute atomic E-state index is 11.2. The highest BCUT2D eigenvalue weighted by atomic mass is 35.5. The van der Waals surface area contributed by atoms with Gasteiger partial charge in [0, 0.05) is 17.8 Å². The molecule has 0 N–H and O–H groups in total. The van der Waals surface area contributed by atoms with Crippen molar-refractivity contribution < 1.29 is 9.59 Å². The second kappa shape index (κ2) is 4.03. The molecule has 1 aromatic heterocycles. The van der Waals surface area contributed by atoms with E-state index in [4.69, 9.17) is 0 Å². The van der Waals surface area contributed by atoms with Crippen molar-refractivity contribution in [2.24, 2.45) is 9.98 Å². The zero-order valence-electron chi connectivity index (χ0n) is 8.45. The predicted molar refractivity (Wildman–Crippen MR) is 61.3 cm³/mol. The molecule has 5 nitrogen and oxygen atoms in total. The van der Waals surface area contributed by atoms with Gasteiger partial charge in [-0.05, 0) is 17.5 Å². The molecule has 0 saturated carbocycles. The fourth-order valence-electron chi connectivity index (χ4n) is 1.65. The smallest absolute Gasteiger partial charge is 0.264 e. The van der Waals surface area contributed by atoms with E-state index in [1.54, 1.807) is 18.5 Å². The zero-order chi connectivity index (χ0) is 11.1. The highest BCUT2D eigenvalue weighted by Crippen LogP contribution is 2.05. The summed E-state index contributed by atoms with van der Waals surface area (Å²) in [6, 6.07) is 5.30. The number of benzene rings is 1. The van der Waals surface area contributed by atoms with Crippen LogP contribution >= 0.6 is 12.4 Å². The van der Waals surface area contributed by atoms with Crippen LogP contribution in [0.2, 0.25) is 0 Å². The van der Waals surface area contributed by atoms with E-state index in [0.717, 1.165) is 10.8 Å². The van der Waals surface area contributed by atoms with Gasteiger partial charge in [-0.25, -0.2) is 9.98 Å². The van der Waals surface area contributed by atoms with Crippen LogP contribution in [0.15, 0.2) is 40.6 Å². The minimum atomic E-state index is -0.830.